The zero-order chi connectivity index (χ0) is 15.3. The van der Waals surface area contributed by atoms with Crippen LogP contribution in [0.1, 0.15) is 53.2 Å². The predicted molar refractivity (Wildman–Crippen MR) is 90.1 cm³/mol. The second-order valence-corrected chi connectivity index (χ2v) is 11.8. The van der Waals surface area contributed by atoms with Gasteiger partial charge in [0.15, 0.2) is 0 Å². The van der Waals surface area contributed by atoms with Crippen LogP contribution >= 0.6 is 0 Å². The lowest BCUT2D eigenvalue weighted by atomic mass is 10.1. The molecule has 110 valence electrons. The van der Waals surface area contributed by atoms with Gasteiger partial charge in [0.25, 0.3) is 0 Å². The Hall–Kier alpha value is -1.04. The van der Waals surface area contributed by atoms with Crippen LogP contribution in [0, 0.1) is 12.3 Å². The molecule has 0 fully saturated rings. The second kappa shape index (κ2) is 7.11. The molecule has 0 saturated carbocycles. The van der Waals surface area contributed by atoms with Crippen LogP contribution < -0.4 is 0 Å². The summed E-state index contributed by atoms with van der Waals surface area (Å²) >= 11 is 0. The van der Waals surface area contributed by atoms with Crippen molar-refractivity contribution in [2.45, 2.75) is 64.3 Å². The minimum atomic E-state index is -1.94. The monoisotopic (exact) mass is 288 g/mol. The Bertz CT molecular complexity index is 420. The summed E-state index contributed by atoms with van der Waals surface area (Å²) in [7, 11) is -1.94. The van der Waals surface area contributed by atoms with Crippen LogP contribution in [0.4, 0.5) is 0 Å². The van der Waals surface area contributed by atoms with E-state index >= 15 is 0 Å². The van der Waals surface area contributed by atoms with Crippen molar-refractivity contribution in [1.82, 2.24) is 0 Å². The van der Waals surface area contributed by atoms with Gasteiger partial charge in [0, 0.05) is 0 Å². The van der Waals surface area contributed by atoms with Gasteiger partial charge in [-0.2, -0.15) is 0 Å². The highest BCUT2D eigenvalue weighted by molar-refractivity contribution is 6.77. The van der Waals surface area contributed by atoms with E-state index in [1.165, 1.54) is 0 Å². The molecule has 1 aromatic carbocycles. The molecule has 0 aliphatic carbocycles. The van der Waals surface area contributed by atoms with Crippen molar-refractivity contribution in [2.24, 2.45) is 0 Å². The van der Waals surface area contributed by atoms with Gasteiger partial charge in [-0.15, -0.1) is 6.42 Å². The van der Waals surface area contributed by atoms with Crippen LogP contribution in [0.5, 0.6) is 0 Å². The summed E-state index contributed by atoms with van der Waals surface area (Å²) in [4.78, 5) is 0. The van der Waals surface area contributed by atoms with Crippen LogP contribution in [-0.2, 0) is 4.43 Å². The maximum absolute atomic E-state index is 6.66. The summed E-state index contributed by atoms with van der Waals surface area (Å²) in [6, 6.07) is 10.2. The van der Waals surface area contributed by atoms with Gasteiger partial charge >= 0.3 is 0 Å². The first-order chi connectivity index (χ1) is 9.36. The third kappa shape index (κ3) is 3.34. The quantitative estimate of drug-likeness (QED) is 0.492. The zero-order valence-electron chi connectivity index (χ0n) is 13.7. The summed E-state index contributed by atoms with van der Waals surface area (Å²) in [5.41, 5.74) is 2.72. The first-order valence-corrected chi connectivity index (χ1v) is 9.69. The van der Waals surface area contributed by atoms with E-state index in [0.717, 1.165) is 5.56 Å². The lowest BCUT2D eigenvalue weighted by Gasteiger charge is -2.43. The number of hydrogen-bond donors (Lipinski definition) is 0. The van der Waals surface area contributed by atoms with Gasteiger partial charge in [-0.3, -0.25) is 0 Å². The summed E-state index contributed by atoms with van der Waals surface area (Å²) in [6.45, 7) is 13.7. The molecular weight excluding hydrogens is 260 g/mol. The summed E-state index contributed by atoms with van der Waals surface area (Å²) < 4.78 is 6.66. The van der Waals surface area contributed by atoms with Crippen LogP contribution in [-0.4, -0.2) is 8.32 Å². The molecule has 1 atom stereocenters. The van der Waals surface area contributed by atoms with E-state index in [-0.39, 0.29) is 6.10 Å². The molecule has 0 aliphatic rings. The van der Waals surface area contributed by atoms with E-state index in [1.807, 2.05) is 18.2 Å². The molecular formula is C18H28OSi. The SMILES string of the molecule is C#C[C@@H](O[Si](C(C)C)(C(C)C)C(C)C)c1ccccc1. The Morgan fingerprint density at radius 3 is 1.70 bits per heavy atom. The van der Waals surface area contributed by atoms with Gasteiger partial charge in [-0.05, 0) is 22.2 Å². The highest BCUT2D eigenvalue weighted by Crippen LogP contribution is 2.44. The molecule has 1 nitrogen and oxygen atoms in total. The smallest absolute Gasteiger partial charge is 0.202 e. The molecule has 0 radical (unpaired) electrons. The second-order valence-electron chi connectivity index (χ2n) is 6.39. The molecule has 0 spiro atoms. The Morgan fingerprint density at radius 2 is 1.35 bits per heavy atom. The molecule has 0 aliphatic heterocycles. The first-order valence-electron chi connectivity index (χ1n) is 7.55. The summed E-state index contributed by atoms with van der Waals surface area (Å²) in [5.74, 6) is 2.85. The highest BCUT2D eigenvalue weighted by atomic mass is 28.4. The third-order valence-corrected chi connectivity index (χ3v) is 10.3. The predicted octanol–water partition coefficient (Wildman–Crippen LogP) is 5.55. The Balaban J connectivity index is 3.15. The van der Waals surface area contributed by atoms with Crippen molar-refractivity contribution >= 4 is 8.32 Å². The molecule has 0 amide bonds. The first kappa shape index (κ1) is 17.0. The van der Waals surface area contributed by atoms with Crippen LogP contribution in [0.15, 0.2) is 30.3 Å². The van der Waals surface area contributed by atoms with Gasteiger partial charge in [-0.25, -0.2) is 0 Å². The minimum Gasteiger partial charge on any atom is -0.399 e. The maximum atomic E-state index is 6.66. The Kier molecular flexibility index (Phi) is 6.04. The summed E-state index contributed by atoms with van der Waals surface area (Å²) in [5, 5.41) is 0. The normalized spacial score (nSPS) is 13.8. The fourth-order valence-corrected chi connectivity index (χ4v) is 8.87. The van der Waals surface area contributed by atoms with E-state index in [0.29, 0.717) is 16.6 Å². The molecule has 0 saturated heterocycles. The van der Waals surface area contributed by atoms with E-state index in [1.54, 1.807) is 0 Å². The number of benzene rings is 1. The molecule has 0 heterocycles. The van der Waals surface area contributed by atoms with Crippen molar-refractivity contribution in [3.05, 3.63) is 35.9 Å². The van der Waals surface area contributed by atoms with Crippen molar-refractivity contribution in [2.75, 3.05) is 0 Å². The number of hydrogen-bond acceptors (Lipinski definition) is 1. The minimum absolute atomic E-state index is 0.227. The average Bonchev–Trinajstić information content (AvgIpc) is 2.39. The molecule has 20 heavy (non-hydrogen) atoms. The fourth-order valence-electron chi connectivity index (χ4n) is 3.44. The number of terminal acetylenes is 1. The van der Waals surface area contributed by atoms with Crippen LogP contribution in [0.2, 0.25) is 16.6 Å². The van der Waals surface area contributed by atoms with Gasteiger partial charge in [0.05, 0.1) is 0 Å². The van der Waals surface area contributed by atoms with Crippen molar-refractivity contribution < 1.29 is 4.43 Å². The van der Waals surface area contributed by atoms with Crippen LogP contribution in [0.3, 0.4) is 0 Å². The van der Waals surface area contributed by atoms with E-state index < -0.39 is 8.32 Å². The molecule has 2 heteroatoms. The Morgan fingerprint density at radius 1 is 0.900 bits per heavy atom. The van der Waals surface area contributed by atoms with E-state index in [4.69, 9.17) is 10.8 Å². The van der Waals surface area contributed by atoms with Gasteiger partial charge in [0.1, 0.15) is 6.10 Å². The molecule has 0 unspecified atom stereocenters. The molecule has 0 bridgehead atoms. The topological polar surface area (TPSA) is 9.23 Å². The van der Waals surface area contributed by atoms with E-state index in [2.05, 4.69) is 59.6 Å². The van der Waals surface area contributed by atoms with Gasteiger partial charge < -0.3 is 4.43 Å². The van der Waals surface area contributed by atoms with E-state index in [9.17, 15) is 0 Å². The van der Waals surface area contributed by atoms with Crippen molar-refractivity contribution in [3.8, 4) is 12.3 Å². The third-order valence-electron chi connectivity index (χ3n) is 4.28. The number of rotatable bonds is 6. The summed E-state index contributed by atoms with van der Waals surface area (Å²) in [6.07, 6.45) is 5.53. The van der Waals surface area contributed by atoms with Crippen LogP contribution in [0.25, 0.3) is 0 Å². The Labute approximate surface area is 125 Å². The van der Waals surface area contributed by atoms with Gasteiger partial charge in [0.2, 0.25) is 8.32 Å². The average molecular weight is 289 g/mol. The van der Waals surface area contributed by atoms with Crippen molar-refractivity contribution in [1.29, 1.82) is 0 Å². The standard InChI is InChI=1S/C18H28OSi/c1-8-18(17-12-10-9-11-13-17)19-20(14(2)3,15(4)5)16(6)7/h1,9-16,18H,2-7H3/t18-/m1/s1. The lowest BCUT2D eigenvalue weighted by molar-refractivity contribution is 0.229. The van der Waals surface area contributed by atoms with Crippen molar-refractivity contribution in [3.63, 3.8) is 0 Å². The lowest BCUT2D eigenvalue weighted by Crippen LogP contribution is -2.48. The fraction of sp³-hybridized carbons (Fsp3) is 0.556. The maximum Gasteiger partial charge on any atom is 0.202 e. The largest absolute Gasteiger partial charge is 0.399 e. The zero-order valence-corrected chi connectivity index (χ0v) is 14.7. The molecule has 0 N–H and O–H groups in total. The highest BCUT2D eigenvalue weighted by Gasteiger charge is 2.46. The molecule has 1 aromatic rings. The molecule has 0 aromatic heterocycles. The van der Waals surface area contributed by atoms with Gasteiger partial charge in [-0.1, -0.05) is 77.8 Å². The molecule has 1 rings (SSSR count).